The van der Waals surface area contributed by atoms with Crippen molar-refractivity contribution in [3.63, 3.8) is 0 Å². The van der Waals surface area contributed by atoms with E-state index in [4.69, 9.17) is 11.6 Å². The second kappa shape index (κ2) is 8.54. The Labute approximate surface area is 166 Å². The number of carbonyl (C=O) groups is 2. The van der Waals surface area contributed by atoms with Gasteiger partial charge in [-0.2, -0.15) is 0 Å². The molecule has 0 fully saturated rings. The Morgan fingerprint density at radius 2 is 1.57 bits per heavy atom. The molecule has 0 unspecified atom stereocenters. The number of anilines is 3. The fourth-order valence-electron chi connectivity index (χ4n) is 2.51. The SMILES string of the molecule is Cc1ccc(NC(=O)Nc2ccccc2)cc1NC(=O)c1cc(Cl)ccc1F. The largest absolute Gasteiger partial charge is 0.323 e. The highest BCUT2D eigenvalue weighted by Crippen LogP contribution is 2.23. The summed E-state index contributed by atoms with van der Waals surface area (Å²) in [5.41, 5.74) is 2.16. The highest BCUT2D eigenvalue weighted by atomic mass is 35.5. The molecule has 0 atom stereocenters. The van der Waals surface area contributed by atoms with Crippen molar-refractivity contribution in [1.29, 1.82) is 0 Å². The molecular formula is C21H17ClFN3O2. The molecule has 0 bridgehead atoms. The monoisotopic (exact) mass is 397 g/mol. The van der Waals surface area contributed by atoms with Gasteiger partial charge >= 0.3 is 6.03 Å². The molecule has 0 aliphatic carbocycles. The van der Waals surface area contributed by atoms with Crippen LogP contribution in [0.5, 0.6) is 0 Å². The van der Waals surface area contributed by atoms with Crippen molar-refractivity contribution in [3.05, 3.63) is 88.7 Å². The summed E-state index contributed by atoms with van der Waals surface area (Å²) >= 11 is 5.84. The van der Waals surface area contributed by atoms with Gasteiger partial charge in [0.05, 0.1) is 5.56 Å². The number of aryl methyl sites for hydroxylation is 1. The van der Waals surface area contributed by atoms with Gasteiger partial charge in [-0.15, -0.1) is 0 Å². The average molecular weight is 398 g/mol. The van der Waals surface area contributed by atoms with E-state index in [1.54, 1.807) is 37.3 Å². The summed E-state index contributed by atoms with van der Waals surface area (Å²) in [5.74, 6) is -1.30. The number of benzene rings is 3. The van der Waals surface area contributed by atoms with Crippen molar-refractivity contribution in [1.82, 2.24) is 0 Å². The zero-order chi connectivity index (χ0) is 20.1. The number of para-hydroxylation sites is 1. The van der Waals surface area contributed by atoms with E-state index >= 15 is 0 Å². The summed E-state index contributed by atoms with van der Waals surface area (Å²) < 4.78 is 13.9. The topological polar surface area (TPSA) is 70.2 Å². The molecule has 5 nitrogen and oxygen atoms in total. The summed E-state index contributed by atoms with van der Waals surface area (Å²) in [6.07, 6.45) is 0. The molecule has 3 amide bonds. The molecule has 3 N–H and O–H groups in total. The number of hydrogen-bond acceptors (Lipinski definition) is 2. The Morgan fingerprint density at radius 3 is 2.32 bits per heavy atom. The van der Waals surface area contributed by atoms with E-state index in [0.29, 0.717) is 17.1 Å². The first-order chi connectivity index (χ1) is 13.4. The van der Waals surface area contributed by atoms with Crippen LogP contribution in [0, 0.1) is 12.7 Å². The van der Waals surface area contributed by atoms with Gasteiger partial charge in [0, 0.05) is 22.1 Å². The van der Waals surface area contributed by atoms with Gasteiger partial charge in [-0.3, -0.25) is 4.79 Å². The lowest BCUT2D eigenvalue weighted by molar-refractivity contribution is 0.102. The second-order valence-electron chi connectivity index (χ2n) is 6.05. The van der Waals surface area contributed by atoms with Gasteiger partial charge in [0.2, 0.25) is 0 Å². The van der Waals surface area contributed by atoms with E-state index in [2.05, 4.69) is 16.0 Å². The van der Waals surface area contributed by atoms with Crippen LogP contribution in [0.2, 0.25) is 5.02 Å². The fourth-order valence-corrected chi connectivity index (χ4v) is 2.68. The first-order valence-corrected chi connectivity index (χ1v) is 8.80. The fraction of sp³-hybridized carbons (Fsp3) is 0.0476. The molecule has 7 heteroatoms. The maximum Gasteiger partial charge on any atom is 0.323 e. The van der Waals surface area contributed by atoms with Crippen LogP contribution in [0.25, 0.3) is 0 Å². The standard InChI is InChI=1S/C21H17ClFN3O2/c1-13-7-9-16(25-21(28)24-15-5-3-2-4-6-15)12-19(13)26-20(27)17-11-14(22)8-10-18(17)23/h2-12H,1H3,(H,26,27)(H2,24,25,28). The Bertz CT molecular complexity index is 1030. The van der Waals surface area contributed by atoms with Crippen LogP contribution in [0.1, 0.15) is 15.9 Å². The lowest BCUT2D eigenvalue weighted by Gasteiger charge is -2.13. The third kappa shape index (κ3) is 4.86. The third-order valence-electron chi connectivity index (χ3n) is 3.95. The summed E-state index contributed by atoms with van der Waals surface area (Å²) in [4.78, 5) is 24.5. The number of carbonyl (C=O) groups excluding carboxylic acids is 2. The van der Waals surface area contributed by atoms with E-state index in [1.165, 1.54) is 12.1 Å². The quantitative estimate of drug-likeness (QED) is 0.529. The van der Waals surface area contributed by atoms with Crippen molar-refractivity contribution < 1.29 is 14.0 Å². The highest BCUT2D eigenvalue weighted by Gasteiger charge is 2.14. The predicted molar refractivity (Wildman–Crippen MR) is 110 cm³/mol. The summed E-state index contributed by atoms with van der Waals surface area (Å²) in [6.45, 7) is 1.79. The van der Waals surface area contributed by atoms with Crippen molar-refractivity contribution in [2.75, 3.05) is 16.0 Å². The predicted octanol–water partition coefficient (Wildman–Crippen LogP) is 5.68. The molecule has 0 saturated heterocycles. The van der Waals surface area contributed by atoms with Crippen molar-refractivity contribution in [2.45, 2.75) is 6.92 Å². The van der Waals surface area contributed by atoms with Gasteiger partial charge in [0.25, 0.3) is 5.91 Å². The number of urea groups is 1. The Hall–Kier alpha value is -3.38. The maximum atomic E-state index is 13.9. The molecule has 0 radical (unpaired) electrons. The molecule has 0 aliphatic heterocycles. The summed E-state index contributed by atoms with van der Waals surface area (Å²) in [7, 11) is 0. The van der Waals surface area contributed by atoms with Crippen LogP contribution < -0.4 is 16.0 Å². The van der Waals surface area contributed by atoms with E-state index in [0.717, 1.165) is 11.6 Å². The minimum atomic E-state index is -0.670. The molecule has 0 spiro atoms. The minimum absolute atomic E-state index is 0.160. The van der Waals surface area contributed by atoms with Gasteiger partial charge < -0.3 is 16.0 Å². The number of hydrogen-bond donors (Lipinski definition) is 3. The number of amides is 3. The average Bonchev–Trinajstić information content (AvgIpc) is 2.67. The van der Waals surface area contributed by atoms with E-state index in [1.807, 2.05) is 18.2 Å². The zero-order valence-electron chi connectivity index (χ0n) is 14.9. The molecule has 3 aromatic carbocycles. The molecule has 0 heterocycles. The Kier molecular flexibility index (Phi) is 5.91. The van der Waals surface area contributed by atoms with E-state index < -0.39 is 17.8 Å². The first kappa shape index (κ1) is 19.4. The van der Waals surface area contributed by atoms with Crippen LogP contribution in [0.4, 0.5) is 26.2 Å². The molecule has 0 saturated carbocycles. The molecule has 0 aromatic heterocycles. The number of rotatable bonds is 4. The van der Waals surface area contributed by atoms with Gasteiger partial charge in [-0.05, 0) is 55.0 Å². The normalized spacial score (nSPS) is 10.2. The van der Waals surface area contributed by atoms with Crippen LogP contribution >= 0.6 is 11.6 Å². The van der Waals surface area contributed by atoms with Crippen LogP contribution in [0.3, 0.4) is 0 Å². The molecule has 142 valence electrons. The lowest BCUT2D eigenvalue weighted by Crippen LogP contribution is -2.20. The minimum Gasteiger partial charge on any atom is -0.322 e. The van der Waals surface area contributed by atoms with Gasteiger partial charge in [0.1, 0.15) is 5.82 Å². The molecule has 3 aromatic rings. The van der Waals surface area contributed by atoms with Crippen molar-refractivity contribution in [3.8, 4) is 0 Å². The van der Waals surface area contributed by atoms with Gasteiger partial charge in [-0.1, -0.05) is 35.9 Å². The van der Waals surface area contributed by atoms with Crippen LogP contribution in [-0.4, -0.2) is 11.9 Å². The van der Waals surface area contributed by atoms with Gasteiger partial charge in [0.15, 0.2) is 0 Å². The van der Waals surface area contributed by atoms with Crippen LogP contribution in [-0.2, 0) is 0 Å². The number of nitrogens with one attached hydrogen (secondary N) is 3. The first-order valence-electron chi connectivity index (χ1n) is 8.42. The smallest absolute Gasteiger partial charge is 0.322 e. The third-order valence-corrected chi connectivity index (χ3v) is 4.18. The zero-order valence-corrected chi connectivity index (χ0v) is 15.7. The van der Waals surface area contributed by atoms with Crippen molar-refractivity contribution in [2.24, 2.45) is 0 Å². The van der Waals surface area contributed by atoms with Crippen LogP contribution in [0.15, 0.2) is 66.7 Å². The summed E-state index contributed by atoms with van der Waals surface area (Å²) in [6, 6.07) is 17.4. The highest BCUT2D eigenvalue weighted by molar-refractivity contribution is 6.31. The van der Waals surface area contributed by atoms with Gasteiger partial charge in [-0.25, -0.2) is 9.18 Å². The van der Waals surface area contributed by atoms with E-state index in [9.17, 15) is 14.0 Å². The van der Waals surface area contributed by atoms with E-state index in [-0.39, 0.29) is 10.6 Å². The second-order valence-corrected chi connectivity index (χ2v) is 6.49. The Balaban J connectivity index is 1.73. The number of halogens is 2. The molecular weight excluding hydrogens is 381 g/mol. The molecule has 0 aliphatic rings. The Morgan fingerprint density at radius 1 is 0.857 bits per heavy atom. The lowest BCUT2D eigenvalue weighted by atomic mass is 10.1. The molecule has 28 heavy (non-hydrogen) atoms. The summed E-state index contributed by atoms with van der Waals surface area (Å²) in [5, 5.41) is 8.31. The molecule has 3 rings (SSSR count). The van der Waals surface area contributed by atoms with Crippen molar-refractivity contribution >= 4 is 40.6 Å². The maximum absolute atomic E-state index is 13.9.